The van der Waals surface area contributed by atoms with Crippen LogP contribution in [0.3, 0.4) is 0 Å². The maximum Gasteiger partial charge on any atom is 0.408 e. The summed E-state index contributed by atoms with van der Waals surface area (Å²) in [6, 6.07) is 13.6. The summed E-state index contributed by atoms with van der Waals surface area (Å²) in [4.78, 5) is 23.0. The molecular weight excluding hydrogens is 362 g/mol. The van der Waals surface area contributed by atoms with Crippen molar-refractivity contribution in [2.45, 2.75) is 18.2 Å². The van der Waals surface area contributed by atoms with Gasteiger partial charge in [-0.2, -0.15) is 11.8 Å². The zero-order valence-electron chi connectivity index (χ0n) is 14.8. The molecule has 2 aromatic carbocycles. The van der Waals surface area contributed by atoms with Crippen molar-refractivity contribution in [3.8, 4) is 11.1 Å². The third-order valence-corrected chi connectivity index (χ3v) is 5.50. The molecule has 6 heteroatoms. The molecule has 0 radical (unpaired) electrons. The molecule has 0 fully saturated rings. The first kappa shape index (κ1) is 19.0. The van der Waals surface area contributed by atoms with Crippen molar-refractivity contribution in [1.82, 2.24) is 5.32 Å². The quantitative estimate of drug-likeness (QED) is 0.578. The third-order valence-electron chi connectivity index (χ3n) is 4.41. The van der Waals surface area contributed by atoms with Crippen LogP contribution in [0.15, 0.2) is 55.1 Å². The number of hydrogen-bond acceptors (Lipinski definition) is 4. The van der Waals surface area contributed by atoms with Gasteiger partial charge in [0.1, 0.15) is 12.6 Å². The Kier molecular flexibility index (Phi) is 6.19. The second-order valence-electron chi connectivity index (χ2n) is 6.21. The normalized spacial score (nSPS) is 12.6. The average Bonchev–Trinajstić information content (AvgIpc) is 3.05. The van der Waals surface area contributed by atoms with E-state index in [4.69, 9.17) is 4.74 Å². The molecule has 0 bridgehead atoms. The Morgan fingerprint density at radius 2 is 2.00 bits per heavy atom. The Morgan fingerprint density at radius 3 is 2.78 bits per heavy atom. The molecular formula is C21H21NO4S. The first-order chi connectivity index (χ1) is 13.1. The first-order valence-corrected chi connectivity index (χ1v) is 9.79. The third kappa shape index (κ3) is 4.52. The number of rotatable bonds is 8. The smallest absolute Gasteiger partial charge is 0.408 e. The number of aliphatic carboxylic acids is 1. The number of alkyl carbamates (subject to hydrolysis) is 1. The van der Waals surface area contributed by atoms with Crippen molar-refractivity contribution in [1.29, 1.82) is 0 Å². The lowest BCUT2D eigenvalue weighted by molar-refractivity contribution is -0.138. The van der Waals surface area contributed by atoms with Gasteiger partial charge in [-0.3, -0.25) is 0 Å². The van der Waals surface area contributed by atoms with Gasteiger partial charge < -0.3 is 15.2 Å². The summed E-state index contributed by atoms with van der Waals surface area (Å²) in [7, 11) is 0. The summed E-state index contributed by atoms with van der Waals surface area (Å²) in [6.45, 7) is 3.49. The molecule has 0 saturated heterocycles. The van der Waals surface area contributed by atoms with Crippen molar-refractivity contribution in [2.75, 3.05) is 12.4 Å². The van der Waals surface area contributed by atoms with Gasteiger partial charge in [-0.25, -0.2) is 9.59 Å². The fraction of sp³-hybridized carbons (Fsp3) is 0.238. The minimum absolute atomic E-state index is 0.0437. The van der Waals surface area contributed by atoms with Crippen LogP contribution in [0.5, 0.6) is 0 Å². The maximum absolute atomic E-state index is 11.6. The number of ether oxygens (including phenoxy) is 1. The minimum atomic E-state index is -1.08. The van der Waals surface area contributed by atoms with Crippen LogP contribution in [0.25, 0.3) is 11.1 Å². The molecule has 1 aliphatic carbocycles. The summed E-state index contributed by atoms with van der Waals surface area (Å²) in [5, 5.41) is 11.7. The van der Waals surface area contributed by atoms with E-state index in [1.165, 1.54) is 45.7 Å². The number of carboxylic acid groups (broad SMARTS) is 1. The Bertz CT molecular complexity index is 865. The largest absolute Gasteiger partial charge is 0.480 e. The fourth-order valence-corrected chi connectivity index (χ4v) is 4.21. The Labute approximate surface area is 162 Å². The molecule has 0 unspecified atom stereocenters. The van der Waals surface area contributed by atoms with Crippen LogP contribution in [0.1, 0.15) is 16.7 Å². The Balaban J connectivity index is 1.61. The van der Waals surface area contributed by atoms with Gasteiger partial charge in [0.15, 0.2) is 0 Å². The van der Waals surface area contributed by atoms with E-state index < -0.39 is 18.1 Å². The minimum Gasteiger partial charge on any atom is -0.480 e. The molecule has 2 N–H and O–H groups in total. The van der Waals surface area contributed by atoms with E-state index in [0.29, 0.717) is 5.75 Å². The highest BCUT2D eigenvalue weighted by Crippen LogP contribution is 2.38. The number of hydrogen-bond donors (Lipinski definition) is 2. The van der Waals surface area contributed by atoms with Crippen LogP contribution in [0, 0.1) is 0 Å². The Hall–Kier alpha value is -2.73. The van der Waals surface area contributed by atoms with Gasteiger partial charge in [-0.05, 0) is 34.2 Å². The summed E-state index contributed by atoms with van der Waals surface area (Å²) >= 11 is 1.48. The van der Waals surface area contributed by atoms with Crippen molar-refractivity contribution < 1.29 is 19.4 Å². The molecule has 1 atom stereocenters. The van der Waals surface area contributed by atoms with E-state index in [9.17, 15) is 14.7 Å². The van der Waals surface area contributed by atoms with Crippen LogP contribution in [0.4, 0.5) is 4.79 Å². The summed E-state index contributed by atoms with van der Waals surface area (Å²) in [6.07, 6.45) is 1.58. The summed E-state index contributed by atoms with van der Waals surface area (Å²) in [5.74, 6) is -0.136. The highest BCUT2D eigenvalue weighted by atomic mass is 32.2. The van der Waals surface area contributed by atoms with Gasteiger partial charge in [-0.15, -0.1) is 0 Å². The van der Waals surface area contributed by atoms with E-state index in [1.54, 1.807) is 0 Å². The molecule has 1 aliphatic rings. The van der Waals surface area contributed by atoms with Crippen LogP contribution in [-0.4, -0.2) is 35.6 Å². The standard InChI is InChI=1S/C21H21NO4S/c1-2-10-26-21(25)22-19(20(23)24)13-27-12-15-7-5-9-17-16-8-4-3-6-14(16)11-18(15)17/h2-9,19H,1,10-13H2,(H,22,25)(H,23,24)/t19-/m0/s1. The van der Waals surface area contributed by atoms with Gasteiger partial charge in [-0.1, -0.05) is 55.1 Å². The van der Waals surface area contributed by atoms with Crippen LogP contribution >= 0.6 is 11.8 Å². The molecule has 0 aliphatic heterocycles. The number of nitrogens with one attached hydrogen (secondary N) is 1. The number of carbonyl (C=O) groups is 2. The van der Waals surface area contributed by atoms with Gasteiger partial charge in [0.05, 0.1) is 0 Å². The molecule has 0 saturated carbocycles. The number of carboxylic acids is 1. The predicted octanol–water partition coefficient (Wildman–Crippen LogP) is 3.86. The first-order valence-electron chi connectivity index (χ1n) is 8.64. The monoisotopic (exact) mass is 383 g/mol. The van der Waals surface area contributed by atoms with Crippen molar-refractivity contribution in [2.24, 2.45) is 0 Å². The van der Waals surface area contributed by atoms with Gasteiger partial charge in [0.2, 0.25) is 0 Å². The molecule has 140 valence electrons. The van der Waals surface area contributed by atoms with E-state index in [2.05, 4.69) is 36.2 Å². The van der Waals surface area contributed by atoms with E-state index in [0.717, 1.165) is 6.42 Å². The highest BCUT2D eigenvalue weighted by molar-refractivity contribution is 7.98. The van der Waals surface area contributed by atoms with Crippen LogP contribution < -0.4 is 5.32 Å². The van der Waals surface area contributed by atoms with Crippen molar-refractivity contribution in [3.05, 3.63) is 71.8 Å². The lowest BCUT2D eigenvalue weighted by atomic mass is 10.0. The topological polar surface area (TPSA) is 75.6 Å². The zero-order valence-corrected chi connectivity index (χ0v) is 15.6. The lowest BCUT2D eigenvalue weighted by Gasteiger charge is -2.14. The molecule has 27 heavy (non-hydrogen) atoms. The summed E-state index contributed by atoms with van der Waals surface area (Å²) < 4.78 is 4.79. The molecule has 0 aromatic heterocycles. The number of benzene rings is 2. The molecule has 1 amide bonds. The predicted molar refractivity (Wildman–Crippen MR) is 107 cm³/mol. The van der Waals surface area contributed by atoms with Crippen molar-refractivity contribution in [3.63, 3.8) is 0 Å². The highest BCUT2D eigenvalue weighted by Gasteiger charge is 2.23. The van der Waals surface area contributed by atoms with Gasteiger partial charge in [0, 0.05) is 11.5 Å². The number of fused-ring (bicyclic) bond motifs is 3. The SMILES string of the molecule is C=CCOC(=O)N[C@@H](CSCc1cccc2c1Cc1ccccc1-2)C(=O)O. The molecule has 3 rings (SSSR count). The second-order valence-corrected chi connectivity index (χ2v) is 7.24. The van der Waals surface area contributed by atoms with E-state index >= 15 is 0 Å². The Morgan fingerprint density at radius 1 is 1.22 bits per heavy atom. The number of thioether (sulfide) groups is 1. The fourth-order valence-electron chi connectivity index (χ4n) is 3.14. The second kappa shape index (κ2) is 8.77. The molecule has 0 spiro atoms. The van der Waals surface area contributed by atoms with Crippen LogP contribution in [-0.2, 0) is 21.7 Å². The van der Waals surface area contributed by atoms with Gasteiger partial charge >= 0.3 is 12.1 Å². The number of amides is 1. The molecule has 0 heterocycles. The van der Waals surface area contributed by atoms with E-state index in [-0.39, 0.29) is 12.4 Å². The van der Waals surface area contributed by atoms with E-state index in [1.807, 2.05) is 18.2 Å². The maximum atomic E-state index is 11.6. The molecule has 5 nitrogen and oxygen atoms in total. The van der Waals surface area contributed by atoms with Gasteiger partial charge in [0.25, 0.3) is 0 Å². The zero-order chi connectivity index (χ0) is 19.2. The number of carbonyl (C=O) groups excluding carboxylic acids is 1. The molecule has 2 aromatic rings. The van der Waals surface area contributed by atoms with Crippen molar-refractivity contribution >= 4 is 23.8 Å². The summed E-state index contributed by atoms with van der Waals surface area (Å²) in [5.41, 5.74) is 6.35. The van der Waals surface area contributed by atoms with Crippen LogP contribution in [0.2, 0.25) is 0 Å². The lowest BCUT2D eigenvalue weighted by Crippen LogP contribution is -2.42. The average molecular weight is 383 g/mol.